The van der Waals surface area contributed by atoms with E-state index in [2.05, 4.69) is 0 Å². The van der Waals surface area contributed by atoms with Gasteiger partial charge in [-0.05, 0) is 37.7 Å². The van der Waals surface area contributed by atoms with Gasteiger partial charge in [-0.25, -0.2) is 0 Å². The number of anilines is 2. The summed E-state index contributed by atoms with van der Waals surface area (Å²) in [7, 11) is -3.31. The number of hydrogen-bond donors (Lipinski definition) is 1. The minimum atomic E-state index is -3.31. The SMILES string of the molecule is C[C@@H]1[C@@H]([Si](C)(C)F)[C@H](CCO)O[C@@]12C(=O)N(c1ccccc1)c1ccc([N+](=O)[O-])cc12. The molecule has 2 aromatic carbocycles. The van der Waals surface area contributed by atoms with Crippen LogP contribution in [0.25, 0.3) is 0 Å². The number of benzene rings is 2. The van der Waals surface area contributed by atoms with Gasteiger partial charge in [-0.2, -0.15) is 0 Å². The number of nitrogens with zero attached hydrogens (tertiary/aromatic N) is 2. The third kappa shape index (κ3) is 3.19. The van der Waals surface area contributed by atoms with E-state index >= 15 is 4.11 Å². The zero-order chi connectivity index (χ0) is 22.6. The number of fused-ring (bicyclic) bond motifs is 2. The molecule has 2 aliphatic heterocycles. The van der Waals surface area contributed by atoms with E-state index < -0.39 is 36.5 Å². The minimum Gasteiger partial charge on any atom is -0.396 e. The maximum atomic E-state index is 15.4. The Morgan fingerprint density at radius 1 is 1.26 bits per heavy atom. The molecule has 7 nitrogen and oxygen atoms in total. The number of nitro benzene ring substituents is 1. The number of amides is 1. The topological polar surface area (TPSA) is 92.9 Å². The highest BCUT2D eigenvalue weighted by Gasteiger charge is 2.67. The minimum absolute atomic E-state index is 0.157. The lowest BCUT2D eigenvalue weighted by molar-refractivity contribution is -0.385. The predicted molar refractivity (Wildman–Crippen MR) is 116 cm³/mol. The fourth-order valence-corrected chi connectivity index (χ4v) is 7.85. The van der Waals surface area contributed by atoms with E-state index in [1.54, 1.807) is 50.3 Å². The van der Waals surface area contributed by atoms with Gasteiger partial charge in [0.05, 0.1) is 16.7 Å². The van der Waals surface area contributed by atoms with Crippen LogP contribution >= 0.6 is 0 Å². The molecule has 0 radical (unpaired) electrons. The van der Waals surface area contributed by atoms with Crippen LogP contribution in [0.3, 0.4) is 0 Å². The van der Waals surface area contributed by atoms with Gasteiger partial charge in [-0.15, -0.1) is 0 Å². The summed E-state index contributed by atoms with van der Waals surface area (Å²) in [6.07, 6.45) is -0.460. The molecule has 4 rings (SSSR count). The van der Waals surface area contributed by atoms with Gasteiger partial charge in [-0.1, -0.05) is 25.1 Å². The summed E-state index contributed by atoms with van der Waals surface area (Å²) in [6, 6.07) is 13.3. The van der Waals surface area contributed by atoms with Gasteiger partial charge in [-0.3, -0.25) is 19.8 Å². The number of nitro groups is 1. The second-order valence-electron chi connectivity index (χ2n) is 8.72. The Hall–Kier alpha value is -2.62. The number of aliphatic hydroxyl groups is 1. The van der Waals surface area contributed by atoms with E-state index in [9.17, 15) is 20.0 Å². The van der Waals surface area contributed by atoms with Gasteiger partial charge >= 0.3 is 0 Å². The first kappa shape index (κ1) is 21.6. The molecule has 1 spiro atoms. The summed E-state index contributed by atoms with van der Waals surface area (Å²) in [5.41, 5.74) is -0.767. The monoisotopic (exact) mass is 444 g/mol. The van der Waals surface area contributed by atoms with Crippen molar-refractivity contribution in [2.75, 3.05) is 11.5 Å². The summed E-state index contributed by atoms with van der Waals surface area (Å²) in [4.78, 5) is 26.4. The molecule has 1 fully saturated rings. The van der Waals surface area contributed by atoms with Gasteiger partial charge in [0, 0.05) is 41.4 Å². The number of ether oxygens (including phenoxy) is 1. The van der Waals surface area contributed by atoms with Crippen LogP contribution in [0, 0.1) is 16.0 Å². The third-order valence-corrected chi connectivity index (χ3v) is 8.95. The van der Waals surface area contributed by atoms with Crippen molar-refractivity contribution in [1.82, 2.24) is 0 Å². The standard InChI is InChI=1S/C22H25FN2O5Si/c1-14-20(31(2,3)23)19(11-12-26)30-22(14)17-13-16(25(28)29)9-10-18(17)24(21(22)27)15-7-5-4-6-8-15/h4-10,13-14,19-20,26H,11-12H2,1-3H3/t14-,19+,20-,22+/m1/s1. The Bertz CT molecular complexity index is 1030. The molecule has 1 saturated heterocycles. The average Bonchev–Trinajstić information content (AvgIpc) is 3.14. The zero-order valence-electron chi connectivity index (χ0n) is 17.6. The largest absolute Gasteiger partial charge is 0.396 e. The molecule has 1 N–H and O–H groups in total. The smallest absolute Gasteiger partial charge is 0.269 e. The highest BCUT2D eigenvalue weighted by Crippen LogP contribution is 2.61. The number of para-hydroxylation sites is 1. The Kier molecular flexibility index (Phi) is 5.23. The fourth-order valence-electron chi connectivity index (χ4n) is 5.30. The quantitative estimate of drug-likeness (QED) is 0.319. The fraction of sp³-hybridized carbons (Fsp3) is 0.409. The molecule has 0 aromatic heterocycles. The summed E-state index contributed by atoms with van der Waals surface area (Å²) in [6.45, 7) is 4.73. The van der Waals surface area contributed by atoms with E-state index in [-0.39, 0.29) is 24.6 Å². The van der Waals surface area contributed by atoms with Crippen LogP contribution in [-0.2, 0) is 15.1 Å². The van der Waals surface area contributed by atoms with Crippen molar-refractivity contribution in [3.63, 3.8) is 0 Å². The molecule has 164 valence electrons. The molecule has 9 heteroatoms. The van der Waals surface area contributed by atoms with E-state index in [0.29, 0.717) is 16.9 Å². The van der Waals surface area contributed by atoms with E-state index in [1.807, 2.05) is 6.07 Å². The molecule has 2 heterocycles. The van der Waals surface area contributed by atoms with E-state index in [1.165, 1.54) is 17.0 Å². The molecule has 2 aromatic rings. The van der Waals surface area contributed by atoms with Crippen LogP contribution in [0.1, 0.15) is 18.9 Å². The highest BCUT2D eigenvalue weighted by molar-refractivity contribution is 6.72. The van der Waals surface area contributed by atoms with Crippen LogP contribution in [0.5, 0.6) is 0 Å². The van der Waals surface area contributed by atoms with Gasteiger partial charge in [0.1, 0.15) is 0 Å². The number of carbonyl (C=O) groups is 1. The van der Waals surface area contributed by atoms with Gasteiger partial charge in [0.15, 0.2) is 5.60 Å². The van der Waals surface area contributed by atoms with Crippen LogP contribution in [0.15, 0.2) is 48.5 Å². The Morgan fingerprint density at radius 3 is 2.52 bits per heavy atom. The van der Waals surface area contributed by atoms with Gasteiger partial charge in [0.25, 0.3) is 11.6 Å². The van der Waals surface area contributed by atoms with Crippen molar-refractivity contribution in [2.45, 2.75) is 43.7 Å². The lowest BCUT2D eigenvalue weighted by atomic mass is 9.82. The van der Waals surface area contributed by atoms with Crippen LogP contribution in [0.2, 0.25) is 18.6 Å². The molecule has 31 heavy (non-hydrogen) atoms. The molecule has 4 atom stereocenters. The molecule has 1 amide bonds. The first-order chi connectivity index (χ1) is 14.6. The van der Waals surface area contributed by atoms with Gasteiger partial charge < -0.3 is 14.0 Å². The summed E-state index contributed by atoms with van der Waals surface area (Å²) in [5.74, 6) is -0.942. The second-order valence-corrected chi connectivity index (χ2v) is 12.5. The molecule has 2 aliphatic rings. The second kappa shape index (κ2) is 7.51. The maximum absolute atomic E-state index is 15.4. The molecular weight excluding hydrogens is 419 g/mol. The number of carbonyl (C=O) groups excluding carboxylic acids is 1. The van der Waals surface area contributed by atoms with Crippen LogP contribution < -0.4 is 4.90 Å². The van der Waals surface area contributed by atoms with E-state index in [4.69, 9.17) is 4.74 Å². The predicted octanol–water partition coefficient (Wildman–Crippen LogP) is 4.43. The first-order valence-corrected chi connectivity index (χ1v) is 13.2. The number of halogens is 1. The van der Waals surface area contributed by atoms with Crippen molar-refractivity contribution >= 4 is 31.4 Å². The van der Waals surface area contributed by atoms with Crippen LogP contribution in [-0.4, -0.2) is 37.1 Å². The third-order valence-electron chi connectivity index (χ3n) is 6.49. The number of hydrogen-bond acceptors (Lipinski definition) is 5. The van der Waals surface area contributed by atoms with Crippen molar-refractivity contribution in [3.8, 4) is 0 Å². The summed E-state index contributed by atoms with van der Waals surface area (Å²) in [5, 5.41) is 21.1. The molecule has 0 bridgehead atoms. The lowest BCUT2D eigenvalue weighted by Gasteiger charge is -2.31. The Balaban J connectivity index is 1.95. The summed E-state index contributed by atoms with van der Waals surface area (Å²) < 4.78 is 21.8. The Labute approximate surface area is 180 Å². The number of non-ortho nitro benzene ring substituents is 1. The highest BCUT2D eigenvalue weighted by atomic mass is 28.4. The average molecular weight is 445 g/mol. The number of rotatable bonds is 5. The first-order valence-electron chi connectivity index (χ1n) is 10.3. The van der Waals surface area contributed by atoms with Gasteiger partial charge in [0.2, 0.25) is 8.41 Å². The van der Waals surface area contributed by atoms with Crippen LogP contribution in [0.4, 0.5) is 21.2 Å². The Morgan fingerprint density at radius 2 is 1.94 bits per heavy atom. The van der Waals surface area contributed by atoms with Crippen molar-refractivity contribution in [2.24, 2.45) is 5.92 Å². The molecular formula is C22H25FN2O5Si. The normalized spacial score (nSPS) is 27.7. The summed E-state index contributed by atoms with van der Waals surface area (Å²) >= 11 is 0. The van der Waals surface area contributed by atoms with Crippen molar-refractivity contribution < 1.29 is 23.7 Å². The molecule has 0 unspecified atom stereocenters. The molecule has 0 saturated carbocycles. The van der Waals surface area contributed by atoms with E-state index in [0.717, 1.165) is 0 Å². The zero-order valence-corrected chi connectivity index (χ0v) is 18.6. The van der Waals surface area contributed by atoms with Crippen molar-refractivity contribution in [1.29, 1.82) is 0 Å². The maximum Gasteiger partial charge on any atom is 0.269 e. The van der Waals surface area contributed by atoms with Crippen molar-refractivity contribution in [3.05, 3.63) is 64.2 Å². The number of aliphatic hydroxyl groups excluding tert-OH is 1. The molecule has 0 aliphatic carbocycles. The lowest BCUT2D eigenvalue weighted by Crippen LogP contribution is -2.44.